The van der Waals surface area contributed by atoms with E-state index in [1.165, 1.54) is 5.56 Å². The summed E-state index contributed by atoms with van der Waals surface area (Å²) in [6, 6.07) is 0.435. The van der Waals surface area contributed by atoms with Crippen molar-refractivity contribution in [2.75, 3.05) is 26.8 Å². The highest BCUT2D eigenvalue weighted by Crippen LogP contribution is 2.36. The summed E-state index contributed by atoms with van der Waals surface area (Å²) in [7, 11) is 3.73. The summed E-state index contributed by atoms with van der Waals surface area (Å²) in [6.07, 6.45) is 3.17. The lowest BCUT2D eigenvalue weighted by atomic mass is 9.86. The van der Waals surface area contributed by atoms with Crippen LogP contribution in [0.25, 0.3) is 0 Å². The molecule has 1 fully saturated rings. The first-order valence-electron chi connectivity index (χ1n) is 7.37. The molecule has 0 saturated carbocycles. The molecule has 1 aromatic rings. The van der Waals surface area contributed by atoms with Crippen LogP contribution in [0.15, 0.2) is 6.20 Å². The molecular weight excluding hydrogens is 252 g/mol. The molecule has 1 aromatic heterocycles. The molecule has 0 radical (unpaired) electrons. The molecule has 1 saturated heterocycles. The molecule has 0 aromatic carbocycles. The van der Waals surface area contributed by atoms with Crippen molar-refractivity contribution in [2.24, 2.45) is 12.8 Å². The summed E-state index contributed by atoms with van der Waals surface area (Å²) < 4.78 is 7.13. The molecule has 2 N–H and O–H groups in total. The van der Waals surface area contributed by atoms with E-state index in [1.807, 2.05) is 11.7 Å². The molecule has 5 heteroatoms. The minimum atomic E-state index is 0.0336. The zero-order chi connectivity index (χ0) is 14.9. The third-order valence-electron chi connectivity index (χ3n) is 4.02. The minimum Gasteiger partial charge on any atom is -0.383 e. The first-order valence-corrected chi connectivity index (χ1v) is 7.37. The van der Waals surface area contributed by atoms with Gasteiger partial charge in [0.2, 0.25) is 0 Å². The van der Waals surface area contributed by atoms with Gasteiger partial charge < -0.3 is 10.5 Å². The van der Waals surface area contributed by atoms with Crippen molar-refractivity contribution in [3.63, 3.8) is 0 Å². The van der Waals surface area contributed by atoms with Crippen LogP contribution in [0, 0.1) is 0 Å². The summed E-state index contributed by atoms with van der Waals surface area (Å²) >= 11 is 0. The Kier molecular flexibility index (Phi) is 4.52. The molecule has 0 amide bonds. The number of aromatic nitrogens is 2. The summed E-state index contributed by atoms with van der Waals surface area (Å²) in [5, 5.41) is 4.68. The van der Waals surface area contributed by atoms with Gasteiger partial charge in [-0.15, -0.1) is 0 Å². The van der Waals surface area contributed by atoms with E-state index in [4.69, 9.17) is 10.5 Å². The lowest BCUT2D eigenvalue weighted by Gasteiger charge is -2.29. The standard InChI is InChI=1S/C15H28N4O/c1-15(2,3)14-11(10-18(4)17-14)13-12(16)6-7-19(13)8-9-20-5/h10,12-13H,6-9,16H2,1-5H3. The number of nitrogens with two attached hydrogens (primary N) is 1. The van der Waals surface area contributed by atoms with Gasteiger partial charge in [-0.25, -0.2) is 0 Å². The molecule has 2 rings (SSSR count). The highest BCUT2D eigenvalue weighted by molar-refractivity contribution is 5.29. The number of rotatable bonds is 4. The highest BCUT2D eigenvalue weighted by atomic mass is 16.5. The van der Waals surface area contributed by atoms with Crippen LogP contribution in [-0.4, -0.2) is 47.5 Å². The lowest BCUT2D eigenvalue weighted by molar-refractivity contribution is 0.138. The van der Waals surface area contributed by atoms with Crippen LogP contribution in [0.2, 0.25) is 0 Å². The van der Waals surface area contributed by atoms with E-state index in [1.54, 1.807) is 7.11 Å². The first-order chi connectivity index (χ1) is 9.34. The van der Waals surface area contributed by atoms with Gasteiger partial charge in [0, 0.05) is 50.5 Å². The van der Waals surface area contributed by atoms with Gasteiger partial charge in [-0.1, -0.05) is 20.8 Å². The molecule has 0 spiro atoms. The van der Waals surface area contributed by atoms with Crippen LogP contribution in [0.4, 0.5) is 0 Å². The average molecular weight is 280 g/mol. The van der Waals surface area contributed by atoms with Gasteiger partial charge in [0.25, 0.3) is 0 Å². The Morgan fingerprint density at radius 3 is 2.75 bits per heavy atom. The normalized spacial score (nSPS) is 24.5. The van der Waals surface area contributed by atoms with Crippen molar-refractivity contribution in [3.8, 4) is 0 Å². The number of aryl methyl sites for hydroxylation is 1. The quantitative estimate of drug-likeness (QED) is 0.906. The zero-order valence-electron chi connectivity index (χ0n) is 13.4. The van der Waals surface area contributed by atoms with E-state index >= 15 is 0 Å². The fourth-order valence-electron chi connectivity index (χ4n) is 3.08. The highest BCUT2D eigenvalue weighted by Gasteiger charge is 2.37. The Labute approximate surface area is 122 Å². The van der Waals surface area contributed by atoms with E-state index in [9.17, 15) is 0 Å². The molecule has 2 atom stereocenters. The van der Waals surface area contributed by atoms with Crippen molar-refractivity contribution in [1.29, 1.82) is 0 Å². The molecule has 20 heavy (non-hydrogen) atoms. The fraction of sp³-hybridized carbons (Fsp3) is 0.800. The van der Waals surface area contributed by atoms with Gasteiger partial charge in [0.15, 0.2) is 0 Å². The molecule has 0 aliphatic carbocycles. The van der Waals surface area contributed by atoms with Gasteiger partial charge in [-0.3, -0.25) is 9.58 Å². The molecule has 2 unspecified atom stereocenters. The Balaban J connectivity index is 2.33. The maximum absolute atomic E-state index is 6.38. The Morgan fingerprint density at radius 2 is 2.15 bits per heavy atom. The average Bonchev–Trinajstić information content (AvgIpc) is 2.89. The van der Waals surface area contributed by atoms with Crippen molar-refractivity contribution in [2.45, 2.75) is 44.7 Å². The van der Waals surface area contributed by atoms with Crippen LogP contribution in [0.1, 0.15) is 44.5 Å². The van der Waals surface area contributed by atoms with E-state index < -0.39 is 0 Å². The molecule has 2 heterocycles. The maximum Gasteiger partial charge on any atom is 0.0726 e. The molecule has 114 valence electrons. The van der Waals surface area contributed by atoms with Gasteiger partial charge in [0.05, 0.1) is 18.3 Å². The second-order valence-electron chi connectivity index (χ2n) is 6.78. The minimum absolute atomic E-state index is 0.0336. The molecule has 0 bridgehead atoms. The largest absolute Gasteiger partial charge is 0.383 e. The third kappa shape index (κ3) is 3.05. The Morgan fingerprint density at radius 1 is 1.45 bits per heavy atom. The lowest BCUT2D eigenvalue weighted by Crippen LogP contribution is -2.35. The number of hydrogen-bond acceptors (Lipinski definition) is 4. The van der Waals surface area contributed by atoms with Crippen molar-refractivity contribution < 1.29 is 4.74 Å². The van der Waals surface area contributed by atoms with Crippen LogP contribution < -0.4 is 5.73 Å². The van der Waals surface area contributed by atoms with Crippen LogP contribution in [0.3, 0.4) is 0 Å². The molecule has 1 aliphatic rings. The maximum atomic E-state index is 6.38. The van der Waals surface area contributed by atoms with Gasteiger partial charge in [-0.2, -0.15) is 5.10 Å². The second kappa shape index (κ2) is 5.84. The monoisotopic (exact) mass is 280 g/mol. The SMILES string of the molecule is COCCN1CCC(N)C1c1cn(C)nc1C(C)(C)C. The van der Waals surface area contributed by atoms with Crippen LogP contribution in [0.5, 0.6) is 0 Å². The van der Waals surface area contributed by atoms with Crippen molar-refractivity contribution in [1.82, 2.24) is 14.7 Å². The van der Waals surface area contributed by atoms with Gasteiger partial charge in [-0.05, 0) is 6.42 Å². The molecule has 1 aliphatic heterocycles. The summed E-state index contributed by atoms with van der Waals surface area (Å²) in [6.45, 7) is 9.33. The predicted molar refractivity (Wildman–Crippen MR) is 80.7 cm³/mol. The van der Waals surface area contributed by atoms with E-state index in [0.29, 0.717) is 0 Å². The number of methoxy groups -OCH3 is 1. The zero-order valence-corrected chi connectivity index (χ0v) is 13.4. The number of ether oxygens (including phenoxy) is 1. The van der Waals surface area contributed by atoms with Crippen molar-refractivity contribution >= 4 is 0 Å². The van der Waals surface area contributed by atoms with Gasteiger partial charge in [0.1, 0.15) is 0 Å². The summed E-state index contributed by atoms with van der Waals surface area (Å²) in [5.41, 5.74) is 8.84. The molecular formula is C15H28N4O. The van der Waals surface area contributed by atoms with E-state index in [-0.39, 0.29) is 17.5 Å². The van der Waals surface area contributed by atoms with Crippen LogP contribution in [-0.2, 0) is 17.2 Å². The number of nitrogens with zero attached hydrogens (tertiary/aromatic N) is 3. The first kappa shape index (κ1) is 15.5. The van der Waals surface area contributed by atoms with E-state index in [0.717, 1.165) is 31.8 Å². The number of hydrogen-bond donors (Lipinski definition) is 1. The summed E-state index contributed by atoms with van der Waals surface area (Å²) in [5.74, 6) is 0. The Hall–Kier alpha value is -0.910. The fourth-order valence-corrected chi connectivity index (χ4v) is 3.08. The Bertz CT molecular complexity index is 449. The summed E-state index contributed by atoms with van der Waals surface area (Å²) in [4.78, 5) is 2.43. The topological polar surface area (TPSA) is 56.3 Å². The third-order valence-corrected chi connectivity index (χ3v) is 4.02. The van der Waals surface area contributed by atoms with Gasteiger partial charge >= 0.3 is 0 Å². The van der Waals surface area contributed by atoms with E-state index in [2.05, 4.69) is 37.0 Å². The second-order valence-corrected chi connectivity index (χ2v) is 6.78. The smallest absolute Gasteiger partial charge is 0.0726 e. The predicted octanol–water partition coefficient (Wildman–Crippen LogP) is 1.44. The molecule has 5 nitrogen and oxygen atoms in total. The van der Waals surface area contributed by atoms with Crippen molar-refractivity contribution in [3.05, 3.63) is 17.5 Å². The number of likely N-dealkylation sites (tertiary alicyclic amines) is 1. The van der Waals surface area contributed by atoms with Crippen LogP contribution >= 0.6 is 0 Å².